The molecular weight excluding hydrogens is 168 g/mol. The van der Waals surface area contributed by atoms with E-state index in [0.717, 1.165) is 6.42 Å². The normalized spacial score (nSPS) is 25.6. The van der Waals surface area contributed by atoms with Gasteiger partial charge >= 0.3 is 5.97 Å². The van der Waals surface area contributed by atoms with Crippen molar-refractivity contribution < 1.29 is 14.3 Å². The minimum absolute atomic E-state index is 0.142. The molecule has 0 radical (unpaired) electrons. The predicted octanol–water partition coefficient (Wildman–Crippen LogP) is 1.67. The summed E-state index contributed by atoms with van der Waals surface area (Å²) in [5.41, 5.74) is 0.0770. The van der Waals surface area contributed by atoms with Gasteiger partial charge in [0.2, 0.25) is 0 Å². The van der Waals surface area contributed by atoms with Crippen LogP contribution in [0.4, 0.5) is 0 Å². The Balaban J connectivity index is 2.54. The third-order valence-electron chi connectivity index (χ3n) is 2.23. The molecule has 0 aromatic carbocycles. The molecule has 3 heteroatoms. The molecule has 1 saturated heterocycles. The Labute approximate surface area is 78.7 Å². The molecule has 0 N–H and O–H groups in total. The highest BCUT2D eigenvalue weighted by Crippen LogP contribution is 2.28. The summed E-state index contributed by atoms with van der Waals surface area (Å²) in [6.45, 7) is 9.68. The standard InChI is InChI=1S/C10H16O3/c1-7(2)9(11)13-8-5-6-12-10(8,3)4/h8H,1,5-6H2,2-4H3. The van der Waals surface area contributed by atoms with Crippen LogP contribution in [0.1, 0.15) is 27.2 Å². The van der Waals surface area contributed by atoms with Crippen molar-refractivity contribution in [3.05, 3.63) is 12.2 Å². The third-order valence-corrected chi connectivity index (χ3v) is 2.23. The van der Waals surface area contributed by atoms with E-state index in [4.69, 9.17) is 9.47 Å². The molecule has 1 atom stereocenters. The average molecular weight is 184 g/mol. The Hall–Kier alpha value is -0.830. The molecule has 1 rings (SSSR count). The van der Waals surface area contributed by atoms with Gasteiger partial charge in [-0.15, -0.1) is 0 Å². The first-order valence-corrected chi connectivity index (χ1v) is 4.44. The van der Waals surface area contributed by atoms with Gasteiger partial charge < -0.3 is 9.47 Å². The molecule has 0 bridgehead atoms. The van der Waals surface area contributed by atoms with Gasteiger partial charge in [-0.05, 0) is 20.8 Å². The van der Waals surface area contributed by atoms with Crippen LogP contribution in [0.2, 0.25) is 0 Å². The second-order valence-electron chi connectivity index (χ2n) is 3.91. The van der Waals surface area contributed by atoms with Gasteiger partial charge in [-0.1, -0.05) is 6.58 Å². The monoisotopic (exact) mass is 184 g/mol. The zero-order valence-corrected chi connectivity index (χ0v) is 8.42. The zero-order chi connectivity index (χ0) is 10.1. The number of hydrogen-bond acceptors (Lipinski definition) is 3. The first-order valence-electron chi connectivity index (χ1n) is 4.44. The fraction of sp³-hybridized carbons (Fsp3) is 0.700. The van der Waals surface area contributed by atoms with Crippen LogP contribution in [-0.2, 0) is 14.3 Å². The highest BCUT2D eigenvalue weighted by atomic mass is 16.6. The fourth-order valence-electron chi connectivity index (χ4n) is 1.30. The first kappa shape index (κ1) is 10.3. The molecule has 0 spiro atoms. The Morgan fingerprint density at radius 2 is 2.23 bits per heavy atom. The number of carbonyl (C=O) groups is 1. The maximum atomic E-state index is 11.2. The first-order chi connectivity index (χ1) is 5.93. The zero-order valence-electron chi connectivity index (χ0n) is 8.42. The topological polar surface area (TPSA) is 35.5 Å². The summed E-state index contributed by atoms with van der Waals surface area (Å²) in [6, 6.07) is 0. The van der Waals surface area contributed by atoms with E-state index in [1.54, 1.807) is 6.92 Å². The molecule has 0 aromatic rings. The summed E-state index contributed by atoms with van der Waals surface area (Å²) >= 11 is 0. The van der Waals surface area contributed by atoms with Crippen molar-refractivity contribution >= 4 is 5.97 Å². The number of ether oxygens (including phenoxy) is 2. The van der Waals surface area contributed by atoms with Crippen molar-refractivity contribution in [1.82, 2.24) is 0 Å². The van der Waals surface area contributed by atoms with Gasteiger partial charge in [-0.2, -0.15) is 0 Å². The van der Waals surface area contributed by atoms with Crippen molar-refractivity contribution in [2.75, 3.05) is 6.61 Å². The molecule has 1 fully saturated rings. The quantitative estimate of drug-likeness (QED) is 0.483. The molecule has 0 saturated carbocycles. The summed E-state index contributed by atoms with van der Waals surface area (Å²) in [5, 5.41) is 0. The van der Waals surface area contributed by atoms with E-state index >= 15 is 0 Å². The molecule has 1 aliphatic heterocycles. The lowest BCUT2D eigenvalue weighted by Gasteiger charge is -2.25. The highest BCUT2D eigenvalue weighted by molar-refractivity contribution is 5.87. The lowest BCUT2D eigenvalue weighted by Crippen LogP contribution is -2.35. The summed E-state index contributed by atoms with van der Waals surface area (Å²) in [5.74, 6) is -0.330. The van der Waals surface area contributed by atoms with Gasteiger partial charge in [0.05, 0.1) is 12.2 Å². The van der Waals surface area contributed by atoms with E-state index in [2.05, 4.69) is 6.58 Å². The number of esters is 1. The second kappa shape index (κ2) is 3.50. The summed E-state index contributed by atoms with van der Waals surface area (Å²) in [7, 11) is 0. The molecule has 74 valence electrons. The summed E-state index contributed by atoms with van der Waals surface area (Å²) in [4.78, 5) is 11.2. The molecule has 1 aliphatic rings. The molecule has 1 heterocycles. The van der Waals surface area contributed by atoms with E-state index in [1.807, 2.05) is 13.8 Å². The summed E-state index contributed by atoms with van der Waals surface area (Å²) < 4.78 is 10.7. The molecule has 0 aromatic heterocycles. The van der Waals surface area contributed by atoms with Crippen LogP contribution < -0.4 is 0 Å². The Bertz CT molecular complexity index is 230. The molecule has 0 aliphatic carbocycles. The molecular formula is C10H16O3. The molecule has 13 heavy (non-hydrogen) atoms. The van der Waals surface area contributed by atoms with Gasteiger partial charge in [0, 0.05) is 12.0 Å². The van der Waals surface area contributed by atoms with Crippen LogP contribution in [0.15, 0.2) is 12.2 Å². The van der Waals surface area contributed by atoms with Crippen LogP contribution in [0.3, 0.4) is 0 Å². The predicted molar refractivity (Wildman–Crippen MR) is 49.3 cm³/mol. The fourth-order valence-corrected chi connectivity index (χ4v) is 1.30. The van der Waals surface area contributed by atoms with E-state index < -0.39 is 0 Å². The smallest absolute Gasteiger partial charge is 0.333 e. The largest absolute Gasteiger partial charge is 0.456 e. The van der Waals surface area contributed by atoms with Crippen LogP contribution >= 0.6 is 0 Å². The van der Waals surface area contributed by atoms with Crippen molar-refractivity contribution in [2.24, 2.45) is 0 Å². The molecule has 0 amide bonds. The minimum Gasteiger partial charge on any atom is -0.456 e. The second-order valence-corrected chi connectivity index (χ2v) is 3.91. The number of hydrogen-bond donors (Lipinski definition) is 0. The van der Waals surface area contributed by atoms with E-state index in [9.17, 15) is 4.79 Å². The van der Waals surface area contributed by atoms with Gasteiger partial charge in [-0.25, -0.2) is 4.79 Å². The lowest BCUT2D eigenvalue weighted by molar-refractivity contribution is -0.151. The van der Waals surface area contributed by atoms with E-state index in [-0.39, 0.29) is 17.7 Å². The Kier molecular flexibility index (Phi) is 2.76. The number of carbonyl (C=O) groups excluding carboxylic acids is 1. The van der Waals surface area contributed by atoms with Crippen molar-refractivity contribution in [3.8, 4) is 0 Å². The average Bonchev–Trinajstić information content (AvgIpc) is 2.30. The Morgan fingerprint density at radius 3 is 2.62 bits per heavy atom. The minimum atomic E-state index is -0.356. The Morgan fingerprint density at radius 1 is 1.62 bits per heavy atom. The summed E-state index contributed by atoms with van der Waals surface area (Å²) in [6.07, 6.45) is 0.628. The maximum absolute atomic E-state index is 11.2. The molecule has 1 unspecified atom stereocenters. The van der Waals surface area contributed by atoms with Crippen molar-refractivity contribution in [2.45, 2.75) is 38.9 Å². The molecule has 3 nitrogen and oxygen atoms in total. The van der Waals surface area contributed by atoms with Gasteiger partial charge in [-0.3, -0.25) is 0 Å². The van der Waals surface area contributed by atoms with Crippen molar-refractivity contribution in [1.29, 1.82) is 0 Å². The number of rotatable bonds is 2. The maximum Gasteiger partial charge on any atom is 0.333 e. The van der Waals surface area contributed by atoms with Crippen LogP contribution in [0.5, 0.6) is 0 Å². The van der Waals surface area contributed by atoms with Crippen LogP contribution in [-0.4, -0.2) is 24.3 Å². The van der Waals surface area contributed by atoms with Crippen molar-refractivity contribution in [3.63, 3.8) is 0 Å². The highest BCUT2D eigenvalue weighted by Gasteiger charge is 2.38. The van der Waals surface area contributed by atoms with Crippen LogP contribution in [0.25, 0.3) is 0 Å². The lowest BCUT2D eigenvalue weighted by atomic mass is 10.0. The third kappa shape index (κ3) is 2.31. The van der Waals surface area contributed by atoms with Crippen LogP contribution in [0, 0.1) is 0 Å². The van der Waals surface area contributed by atoms with Gasteiger partial charge in [0.25, 0.3) is 0 Å². The van der Waals surface area contributed by atoms with E-state index in [0.29, 0.717) is 12.2 Å². The van der Waals surface area contributed by atoms with Gasteiger partial charge in [0.15, 0.2) is 0 Å². The SMILES string of the molecule is C=C(C)C(=O)OC1CCOC1(C)C. The van der Waals surface area contributed by atoms with Gasteiger partial charge in [0.1, 0.15) is 6.10 Å². The van der Waals surface area contributed by atoms with E-state index in [1.165, 1.54) is 0 Å².